The summed E-state index contributed by atoms with van der Waals surface area (Å²) in [5, 5.41) is 44.0. The van der Waals surface area contributed by atoms with Crippen molar-refractivity contribution in [3.8, 4) is 0 Å². The first-order chi connectivity index (χ1) is 11.0. The van der Waals surface area contributed by atoms with Crippen molar-refractivity contribution in [2.24, 2.45) is 0 Å². The Bertz CT molecular complexity index is 596. The number of hydrogen-bond donors (Lipinski definition) is 6. The summed E-state index contributed by atoms with van der Waals surface area (Å²) in [6.45, 7) is -0.626. The van der Waals surface area contributed by atoms with E-state index in [1.165, 1.54) is 0 Å². The van der Waals surface area contributed by atoms with Crippen LogP contribution in [-0.4, -0.2) is 91.5 Å². The largest absolute Gasteiger partial charge is 2.00 e. The van der Waals surface area contributed by atoms with Crippen molar-refractivity contribution >= 4 is 52.9 Å². The Kier molecular flexibility index (Phi) is 15.4. The van der Waals surface area contributed by atoms with E-state index >= 15 is 0 Å². The van der Waals surface area contributed by atoms with E-state index < -0.39 is 29.8 Å². The molecule has 0 amide bonds. The van der Waals surface area contributed by atoms with Gasteiger partial charge in [0.25, 0.3) is 0 Å². The number of carbonyl (C=O) groups is 5. The standard InChI is InChI=1S/C9H6O6.C4H7NO4.Mg.Ni.2H/c10-7(11)4-1-5(8(12)13)3-6(2-4)9(14)15;6-3(7)1-5-2-4(8)9;;;;/h1-3H,(H,10,11)(H,12,13)(H,14,15);5H,1-2H2,(H,6,7)(H,8,9);;;;/q;;+2;;2*-1. The Balaban J connectivity index is -0.000000121. The maximum Gasteiger partial charge on any atom is 2.00 e. The molecule has 144 valence electrons. The van der Waals surface area contributed by atoms with Crippen LogP contribution in [0.5, 0.6) is 0 Å². The molecule has 26 heavy (non-hydrogen) atoms. The molecule has 0 unspecified atom stereocenters. The first kappa shape index (κ1) is 28.6. The minimum atomic E-state index is -1.37. The van der Waals surface area contributed by atoms with E-state index in [1.807, 2.05) is 0 Å². The van der Waals surface area contributed by atoms with Crippen LogP contribution in [-0.2, 0) is 26.1 Å². The fraction of sp³-hybridized carbons (Fsp3) is 0.154. The van der Waals surface area contributed by atoms with Crippen LogP contribution in [0.25, 0.3) is 0 Å². The molecule has 0 saturated carbocycles. The Morgan fingerprint density at radius 1 is 0.692 bits per heavy atom. The van der Waals surface area contributed by atoms with Crippen LogP contribution in [0.4, 0.5) is 0 Å². The molecule has 0 aliphatic carbocycles. The zero-order valence-electron chi connectivity index (χ0n) is 14.9. The monoisotopic (exact) mass is 427 g/mol. The molecule has 0 aromatic heterocycles. The Morgan fingerprint density at radius 3 is 1.08 bits per heavy atom. The molecule has 0 bridgehead atoms. The molecule has 13 heteroatoms. The van der Waals surface area contributed by atoms with Crippen LogP contribution in [0.1, 0.15) is 33.9 Å². The van der Waals surface area contributed by atoms with Gasteiger partial charge < -0.3 is 28.4 Å². The summed E-state index contributed by atoms with van der Waals surface area (Å²) >= 11 is 0. The van der Waals surface area contributed by atoms with E-state index in [4.69, 9.17) is 25.5 Å². The van der Waals surface area contributed by atoms with Crippen LogP contribution >= 0.6 is 0 Å². The van der Waals surface area contributed by atoms with Gasteiger partial charge in [-0.1, -0.05) is 0 Å². The van der Waals surface area contributed by atoms with Crippen LogP contribution in [0.2, 0.25) is 0 Å². The summed E-state index contributed by atoms with van der Waals surface area (Å²) in [6.07, 6.45) is 0. The van der Waals surface area contributed by atoms with Gasteiger partial charge in [-0.25, -0.2) is 14.4 Å². The van der Waals surface area contributed by atoms with Gasteiger partial charge in [-0.2, -0.15) is 0 Å². The number of carboxylic acid groups (broad SMARTS) is 5. The van der Waals surface area contributed by atoms with Crippen molar-refractivity contribution in [2.45, 2.75) is 0 Å². The molecular weight excluding hydrogens is 413 g/mol. The smallest absolute Gasteiger partial charge is 1.00 e. The predicted molar refractivity (Wildman–Crippen MR) is 83.4 cm³/mol. The fourth-order valence-electron chi connectivity index (χ4n) is 1.27. The number of aliphatic carboxylic acids is 2. The number of nitrogens with one attached hydrogen (secondary N) is 1. The molecule has 11 nitrogen and oxygen atoms in total. The minimum absolute atomic E-state index is 0. The fourth-order valence-corrected chi connectivity index (χ4v) is 1.27. The summed E-state index contributed by atoms with van der Waals surface area (Å²) in [6, 6.07) is 2.70. The molecule has 1 aromatic rings. The van der Waals surface area contributed by atoms with Crippen molar-refractivity contribution in [3.63, 3.8) is 0 Å². The van der Waals surface area contributed by atoms with Gasteiger partial charge >= 0.3 is 52.9 Å². The number of carboxylic acids is 5. The molecule has 0 fully saturated rings. The number of rotatable bonds is 7. The normalized spacial score (nSPS) is 8.62. The second-order valence-corrected chi connectivity index (χ2v) is 4.11. The summed E-state index contributed by atoms with van der Waals surface area (Å²) < 4.78 is 0. The average Bonchev–Trinajstić information content (AvgIpc) is 2.46. The van der Waals surface area contributed by atoms with Crippen LogP contribution in [0.3, 0.4) is 0 Å². The number of benzene rings is 1. The minimum Gasteiger partial charge on any atom is -1.00 e. The quantitative estimate of drug-likeness (QED) is 0.302. The van der Waals surface area contributed by atoms with Crippen molar-refractivity contribution in [1.29, 1.82) is 0 Å². The molecule has 1 aromatic carbocycles. The molecule has 6 N–H and O–H groups in total. The van der Waals surface area contributed by atoms with E-state index in [0.29, 0.717) is 0 Å². The van der Waals surface area contributed by atoms with Gasteiger partial charge in [0.15, 0.2) is 0 Å². The third-order valence-corrected chi connectivity index (χ3v) is 2.23. The molecule has 0 heterocycles. The molecule has 0 aliphatic heterocycles. The van der Waals surface area contributed by atoms with Gasteiger partial charge in [0, 0.05) is 16.5 Å². The van der Waals surface area contributed by atoms with Gasteiger partial charge in [-0.05, 0) is 18.2 Å². The second kappa shape index (κ2) is 14.0. The number of hydrogen-bond acceptors (Lipinski definition) is 6. The Morgan fingerprint density at radius 2 is 0.923 bits per heavy atom. The van der Waals surface area contributed by atoms with Gasteiger partial charge in [-0.3, -0.25) is 14.9 Å². The second-order valence-electron chi connectivity index (χ2n) is 4.11. The molecule has 0 radical (unpaired) electrons. The molecule has 0 spiro atoms. The topological polar surface area (TPSA) is 199 Å². The van der Waals surface area contributed by atoms with Gasteiger partial charge in [0.1, 0.15) is 0 Å². The molecular formula is C13H15MgNNiO10. The molecule has 0 saturated heterocycles. The van der Waals surface area contributed by atoms with E-state index in [2.05, 4.69) is 5.32 Å². The van der Waals surface area contributed by atoms with Crippen molar-refractivity contribution in [2.75, 3.05) is 13.1 Å². The van der Waals surface area contributed by atoms with Crippen molar-refractivity contribution in [1.82, 2.24) is 5.32 Å². The SMILES string of the molecule is O=C(O)CNCC(=O)O.O=C(O)c1cc(C(=O)O)cc(C(=O)O)c1.[H-].[H-].[Mg+2].[Ni]. The summed E-state index contributed by atoms with van der Waals surface area (Å²) in [5.74, 6) is -6.24. The van der Waals surface area contributed by atoms with E-state index in [0.717, 1.165) is 18.2 Å². The first-order valence-electron chi connectivity index (χ1n) is 6.03. The Labute approximate surface area is 175 Å². The van der Waals surface area contributed by atoms with Gasteiger partial charge in [0.2, 0.25) is 0 Å². The van der Waals surface area contributed by atoms with Gasteiger partial charge in [-0.15, -0.1) is 0 Å². The summed E-state index contributed by atoms with van der Waals surface area (Å²) in [7, 11) is 0. The van der Waals surface area contributed by atoms with Crippen molar-refractivity contribution in [3.05, 3.63) is 34.9 Å². The average molecular weight is 428 g/mol. The molecule has 0 aliphatic rings. The van der Waals surface area contributed by atoms with E-state index in [1.54, 1.807) is 0 Å². The van der Waals surface area contributed by atoms with Gasteiger partial charge in [0.05, 0.1) is 29.8 Å². The zero-order valence-corrected chi connectivity index (χ0v) is 15.3. The summed E-state index contributed by atoms with van der Waals surface area (Å²) in [5.41, 5.74) is -1.10. The van der Waals surface area contributed by atoms with E-state index in [-0.39, 0.29) is 72.2 Å². The molecule has 0 atom stereocenters. The number of aromatic carboxylic acids is 3. The Hall–Kier alpha value is -2.21. The maximum atomic E-state index is 10.6. The maximum absolute atomic E-state index is 10.6. The van der Waals surface area contributed by atoms with Crippen LogP contribution in [0.15, 0.2) is 18.2 Å². The third kappa shape index (κ3) is 12.2. The third-order valence-electron chi connectivity index (χ3n) is 2.23. The van der Waals surface area contributed by atoms with Crippen LogP contribution < -0.4 is 5.32 Å². The van der Waals surface area contributed by atoms with E-state index in [9.17, 15) is 24.0 Å². The zero-order chi connectivity index (χ0) is 18.9. The van der Waals surface area contributed by atoms with Crippen LogP contribution in [0, 0.1) is 0 Å². The first-order valence-corrected chi connectivity index (χ1v) is 6.03. The van der Waals surface area contributed by atoms with Crippen molar-refractivity contribution < 1.29 is 68.9 Å². The predicted octanol–water partition coefficient (Wildman–Crippen LogP) is -0.632. The summed E-state index contributed by atoms with van der Waals surface area (Å²) in [4.78, 5) is 51.1. The molecule has 1 rings (SSSR count).